The van der Waals surface area contributed by atoms with Crippen LogP contribution in [0.3, 0.4) is 0 Å². The van der Waals surface area contributed by atoms with Crippen molar-refractivity contribution in [1.29, 1.82) is 0 Å². The lowest BCUT2D eigenvalue weighted by atomic mass is 10.1. The average molecular weight is 235 g/mol. The van der Waals surface area contributed by atoms with Gasteiger partial charge < -0.3 is 15.4 Å². The van der Waals surface area contributed by atoms with Crippen LogP contribution in [-0.4, -0.2) is 31.3 Å². The van der Waals surface area contributed by atoms with Crippen LogP contribution in [0.1, 0.15) is 31.4 Å². The molecule has 1 atom stereocenters. The minimum Gasteiger partial charge on any atom is -0.381 e. The Labute approximate surface area is 103 Å². The van der Waals surface area contributed by atoms with Gasteiger partial charge in [-0.15, -0.1) is 0 Å². The summed E-state index contributed by atoms with van der Waals surface area (Å²) >= 11 is 0. The van der Waals surface area contributed by atoms with Crippen LogP contribution in [0.4, 0.5) is 5.82 Å². The van der Waals surface area contributed by atoms with Crippen molar-refractivity contribution in [3.8, 4) is 0 Å². The fourth-order valence-electron chi connectivity index (χ4n) is 2.30. The molecule has 1 aliphatic rings. The molecule has 1 aliphatic heterocycles. The molecule has 0 unspecified atom stereocenters. The molecule has 0 saturated carbocycles. The maximum atomic E-state index is 5.99. The second-order valence-electron chi connectivity index (χ2n) is 4.66. The van der Waals surface area contributed by atoms with Crippen LogP contribution in [0.2, 0.25) is 0 Å². The first kappa shape index (κ1) is 12.3. The van der Waals surface area contributed by atoms with E-state index >= 15 is 0 Å². The summed E-state index contributed by atoms with van der Waals surface area (Å²) in [6.07, 6.45) is 3.95. The van der Waals surface area contributed by atoms with E-state index in [2.05, 4.69) is 23.0 Å². The smallest absolute Gasteiger partial charge is 0.133 e. The predicted octanol–water partition coefficient (Wildman–Crippen LogP) is 1.72. The number of nitrogens with two attached hydrogens (primary N) is 1. The predicted molar refractivity (Wildman–Crippen MR) is 69.1 cm³/mol. The molecule has 2 heterocycles. The van der Waals surface area contributed by atoms with Crippen LogP contribution in [0.15, 0.2) is 18.3 Å². The number of nitrogens with zero attached hydrogens (tertiary/aromatic N) is 2. The molecule has 1 saturated heterocycles. The monoisotopic (exact) mass is 235 g/mol. The minimum atomic E-state index is 0.0148. The van der Waals surface area contributed by atoms with Crippen LogP contribution in [0.5, 0.6) is 0 Å². The van der Waals surface area contributed by atoms with E-state index in [0.717, 1.165) is 37.4 Å². The average Bonchev–Trinajstić information content (AvgIpc) is 2.39. The van der Waals surface area contributed by atoms with Gasteiger partial charge in [0.25, 0.3) is 0 Å². The molecule has 0 aromatic carbocycles. The lowest BCUT2D eigenvalue weighted by Crippen LogP contribution is -2.38. The van der Waals surface area contributed by atoms with Gasteiger partial charge in [-0.3, -0.25) is 0 Å². The Morgan fingerprint density at radius 1 is 1.47 bits per heavy atom. The molecule has 17 heavy (non-hydrogen) atoms. The molecular formula is C13H21N3O. The lowest BCUT2D eigenvalue weighted by molar-refractivity contribution is 0.0853. The second-order valence-corrected chi connectivity index (χ2v) is 4.66. The first-order chi connectivity index (χ1) is 8.20. The molecule has 0 bridgehead atoms. The number of ether oxygens (including phenoxy) is 1. The Morgan fingerprint density at radius 2 is 2.18 bits per heavy atom. The second kappa shape index (κ2) is 5.47. The summed E-state index contributed by atoms with van der Waals surface area (Å²) in [7, 11) is 2.10. The highest BCUT2D eigenvalue weighted by atomic mass is 16.5. The molecule has 0 radical (unpaired) electrons. The Kier molecular flexibility index (Phi) is 3.97. The Bertz CT molecular complexity index is 361. The van der Waals surface area contributed by atoms with Crippen LogP contribution in [0, 0.1) is 0 Å². The van der Waals surface area contributed by atoms with Crippen molar-refractivity contribution in [2.75, 3.05) is 25.2 Å². The Balaban J connectivity index is 2.20. The number of aromatic nitrogens is 1. The van der Waals surface area contributed by atoms with Gasteiger partial charge in [0.05, 0.1) is 0 Å². The maximum Gasteiger partial charge on any atom is 0.133 e. The molecule has 4 heteroatoms. The molecule has 1 aromatic rings. The van der Waals surface area contributed by atoms with E-state index in [9.17, 15) is 0 Å². The van der Waals surface area contributed by atoms with Gasteiger partial charge in [-0.2, -0.15) is 0 Å². The van der Waals surface area contributed by atoms with Gasteiger partial charge in [0, 0.05) is 44.1 Å². The van der Waals surface area contributed by atoms with E-state index < -0.39 is 0 Å². The van der Waals surface area contributed by atoms with Crippen molar-refractivity contribution in [3.05, 3.63) is 23.9 Å². The SMILES string of the molecule is C[C@@H](N)c1cccnc1N(C)C1CCOCC1. The quantitative estimate of drug-likeness (QED) is 0.866. The van der Waals surface area contributed by atoms with E-state index in [1.807, 2.05) is 19.2 Å². The van der Waals surface area contributed by atoms with Crippen molar-refractivity contribution < 1.29 is 4.74 Å². The molecule has 0 spiro atoms. The fourth-order valence-corrected chi connectivity index (χ4v) is 2.30. The zero-order valence-electron chi connectivity index (χ0n) is 10.6. The third kappa shape index (κ3) is 2.76. The zero-order valence-corrected chi connectivity index (χ0v) is 10.6. The molecule has 0 aliphatic carbocycles. The molecule has 4 nitrogen and oxygen atoms in total. The molecule has 94 valence electrons. The molecule has 0 amide bonds. The number of pyridine rings is 1. The number of rotatable bonds is 3. The van der Waals surface area contributed by atoms with Crippen molar-refractivity contribution in [2.24, 2.45) is 5.73 Å². The largest absolute Gasteiger partial charge is 0.381 e. The highest BCUT2D eigenvalue weighted by Gasteiger charge is 2.22. The normalized spacial score (nSPS) is 19.0. The molecule has 2 rings (SSSR count). The van der Waals surface area contributed by atoms with Crippen LogP contribution in [0.25, 0.3) is 0 Å². The number of hydrogen-bond donors (Lipinski definition) is 1. The third-order valence-electron chi connectivity index (χ3n) is 3.38. The minimum absolute atomic E-state index is 0.0148. The first-order valence-corrected chi connectivity index (χ1v) is 6.21. The van der Waals surface area contributed by atoms with Crippen LogP contribution < -0.4 is 10.6 Å². The van der Waals surface area contributed by atoms with E-state index in [1.165, 1.54) is 0 Å². The highest BCUT2D eigenvalue weighted by Crippen LogP contribution is 2.25. The summed E-state index contributed by atoms with van der Waals surface area (Å²) < 4.78 is 5.39. The standard InChI is InChI=1S/C13H21N3O/c1-10(14)12-4-3-7-15-13(12)16(2)11-5-8-17-9-6-11/h3-4,7,10-11H,5-6,8-9,14H2,1-2H3/t10-/m1/s1. The summed E-state index contributed by atoms with van der Waals surface area (Å²) in [4.78, 5) is 6.73. The molecule has 1 aromatic heterocycles. The van der Waals surface area contributed by atoms with Gasteiger partial charge in [0.1, 0.15) is 5.82 Å². The molecular weight excluding hydrogens is 214 g/mol. The highest BCUT2D eigenvalue weighted by molar-refractivity contribution is 5.48. The Morgan fingerprint density at radius 3 is 2.82 bits per heavy atom. The van der Waals surface area contributed by atoms with E-state index in [4.69, 9.17) is 10.5 Å². The summed E-state index contributed by atoms with van der Waals surface area (Å²) in [6, 6.07) is 4.53. The maximum absolute atomic E-state index is 5.99. The first-order valence-electron chi connectivity index (χ1n) is 6.21. The van der Waals surface area contributed by atoms with Crippen molar-refractivity contribution in [3.63, 3.8) is 0 Å². The van der Waals surface area contributed by atoms with Gasteiger partial charge in [-0.05, 0) is 25.8 Å². The van der Waals surface area contributed by atoms with Crippen LogP contribution >= 0.6 is 0 Å². The van der Waals surface area contributed by atoms with Gasteiger partial charge in [-0.1, -0.05) is 6.07 Å². The van der Waals surface area contributed by atoms with Crippen molar-refractivity contribution >= 4 is 5.82 Å². The summed E-state index contributed by atoms with van der Waals surface area (Å²) in [5.74, 6) is 1.01. The van der Waals surface area contributed by atoms with E-state index in [0.29, 0.717) is 6.04 Å². The number of anilines is 1. The lowest BCUT2D eigenvalue weighted by Gasteiger charge is -2.33. The van der Waals surface area contributed by atoms with Gasteiger partial charge >= 0.3 is 0 Å². The summed E-state index contributed by atoms with van der Waals surface area (Å²) in [5.41, 5.74) is 7.10. The Hall–Kier alpha value is -1.13. The summed E-state index contributed by atoms with van der Waals surface area (Å²) in [5, 5.41) is 0. The van der Waals surface area contributed by atoms with Gasteiger partial charge in [-0.25, -0.2) is 4.98 Å². The van der Waals surface area contributed by atoms with Crippen molar-refractivity contribution in [1.82, 2.24) is 4.98 Å². The summed E-state index contributed by atoms with van der Waals surface area (Å²) in [6.45, 7) is 3.68. The van der Waals surface area contributed by atoms with Gasteiger partial charge in [0.2, 0.25) is 0 Å². The molecule has 1 fully saturated rings. The number of hydrogen-bond acceptors (Lipinski definition) is 4. The van der Waals surface area contributed by atoms with Crippen molar-refractivity contribution in [2.45, 2.75) is 31.8 Å². The fraction of sp³-hybridized carbons (Fsp3) is 0.615. The topological polar surface area (TPSA) is 51.4 Å². The van der Waals surface area contributed by atoms with E-state index in [1.54, 1.807) is 0 Å². The zero-order chi connectivity index (χ0) is 12.3. The van der Waals surface area contributed by atoms with Gasteiger partial charge in [0.15, 0.2) is 0 Å². The molecule has 2 N–H and O–H groups in total. The third-order valence-corrected chi connectivity index (χ3v) is 3.38. The van der Waals surface area contributed by atoms with Crippen LogP contribution in [-0.2, 0) is 4.74 Å². The van der Waals surface area contributed by atoms with E-state index in [-0.39, 0.29) is 6.04 Å².